The van der Waals surface area contributed by atoms with E-state index in [0.29, 0.717) is 5.92 Å². The summed E-state index contributed by atoms with van der Waals surface area (Å²) in [6.07, 6.45) is 3.31. The van der Waals surface area contributed by atoms with Gasteiger partial charge in [-0.3, -0.25) is 4.79 Å². The zero-order valence-corrected chi connectivity index (χ0v) is 14.6. The summed E-state index contributed by atoms with van der Waals surface area (Å²) in [7, 11) is 0. The maximum atomic E-state index is 12.5. The number of hydrogen-bond acceptors (Lipinski definition) is 4. The smallest absolute Gasteiger partial charge is 0.260 e. The number of nitrogens with zero attached hydrogens (tertiary/aromatic N) is 1. The highest BCUT2D eigenvalue weighted by molar-refractivity contribution is 7.98. The van der Waals surface area contributed by atoms with Gasteiger partial charge in [0, 0.05) is 10.6 Å². The van der Waals surface area contributed by atoms with Crippen LogP contribution in [0.2, 0.25) is 0 Å². The minimum atomic E-state index is 0.0251. The molecule has 1 aliphatic carbocycles. The second-order valence-electron chi connectivity index (χ2n) is 6.18. The van der Waals surface area contributed by atoms with Gasteiger partial charge in [0.25, 0.3) is 5.56 Å². The number of rotatable bonds is 3. The maximum Gasteiger partial charge on any atom is 0.260 e. The molecule has 0 fully saturated rings. The second-order valence-corrected chi connectivity index (χ2v) is 8.22. The molecule has 3 nitrogen and oxygen atoms in total. The summed E-state index contributed by atoms with van der Waals surface area (Å²) in [4.78, 5) is 22.5. The summed E-state index contributed by atoms with van der Waals surface area (Å²) in [5, 5.41) is 1.55. The maximum absolute atomic E-state index is 12.5. The molecular weight excluding hydrogens is 324 g/mol. The average molecular weight is 342 g/mol. The number of aromatic amines is 1. The Kier molecular flexibility index (Phi) is 3.99. The monoisotopic (exact) mass is 342 g/mol. The molecule has 1 atom stereocenters. The molecule has 3 aromatic rings. The van der Waals surface area contributed by atoms with Crippen LogP contribution >= 0.6 is 23.1 Å². The zero-order valence-electron chi connectivity index (χ0n) is 13.0. The molecule has 118 valence electrons. The van der Waals surface area contributed by atoms with Gasteiger partial charge in [0.1, 0.15) is 4.83 Å². The lowest BCUT2D eigenvalue weighted by molar-refractivity contribution is 0.508. The van der Waals surface area contributed by atoms with Gasteiger partial charge in [0.05, 0.1) is 5.39 Å². The van der Waals surface area contributed by atoms with Gasteiger partial charge >= 0.3 is 0 Å². The minimum Gasteiger partial charge on any atom is -0.301 e. The van der Waals surface area contributed by atoms with Crippen LogP contribution in [0.3, 0.4) is 0 Å². The molecule has 0 aliphatic heterocycles. The number of thioether (sulfide) groups is 1. The van der Waals surface area contributed by atoms with Gasteiger partial charge in [-0.1, -0.05) is 49.0 Å². The first kappa shape index (κ1) is 15.0. The fourth-order valence-corrected chi connectivity index (χ4v) is 5.22. The Hall–Kier alpha value is -1.59. The highest BCUT2D eigenvalue weighted by Crippen LogP contribution is 2.36. The van der Waals surface area contributed by atoms with Crippen LogP contribution < -0.4 is 5.56 Å². The molecule has 0 saturated heterocycles. The van der Waals surface area contributed by atoms with Crippen molar-refractivity contribution in [2.45, 2.75) is 37.1 Å². The molecule has 1 aromatic carbocycles. The number of fused-ring (bicyclic) bond motifs is 3. The molecule has 0 amide bonds. The molecule has 0 radical (unpaired) electrons. The van der Waals surface area contributed by atoms with E-state index < -0.39 is 0 Å². The zero-order chi connectivity index (χ0) is 15.8. The lowest BCUT2D eigenvalue weighted by Crippen LogP contribution is -2.14. The summed E-state index contributed by atoms with van der Waals surface area (Å²) in [5.41, 5.74) is 2.51. The van der Waals surface area contributed by atoms with Gasteiger partial charge in [0.2, 0.25) is 0 Å². The molecule has 2 aromatic heterocycles. The van der Waals surface area contributed by atoms with Crippen LogP contribution in [0.15, 0.2) is 40.3 Å². The Morgan fingerprint density at radius 3 is 3.00 bits per heavy atom. The Morgan fingerprint density at radius 1 is 1.35 bits per heavy atom. The lowest BCUT2D eigenvalue weighted by atomic mass is 9.89. The van der Waals surface area contributed by atoms with Crippen molar-refractivity contribution in [3.05, 3.63) is 56.7 Å². The van der Waals surface area contributed by atoms with Crippen LogP contribution in [0, 0.1) is 5.92 Å². The largest absolute Gasteiger partial charge is 0.301 e. The number of nitrogens with one attached hydrogen (secondary N) is 1. The Labute approximate surface area is 143 Å². The van der Waals surface area contributed by atoms with Crippen molar-refractivity contribution in [3.8, 4) is 0 Å². The van der Waals surface area contributed by atoms with Crippen molar-refractivity contribution in [3.63, 3.8) is 0 Å². The molecular formula is C18H18N2OS2. The van der Waals surface area contributed by atoms with Gasteiger partial charge in [-0.2, -0.15) is 0 Å². The molecule has 23 heavy (non-hydrogen) atoms. The molecule has 0 unspecified atom stereocenters. The first-order valence-corrected chi connectivity index (χ1v) is 9.72. The fraction of sp³-hybridized carbons (Fsp3) is 0.333. The molecule has 1 aliphatic rings. The topological polar surface area (TPSA) is 45.8 Å². The SMILES string of the molecule is C[C@H]1CCc2sc3nc(SCc4ccccc4)[nH]c(=O)c3c2C1. The predicted molar refractivity (Wildman–Crippen MR) is 97.4 cm³/mol. The van der Waals surface area contributed by atoms with Crippen LogP contribution in [0.1, 0.15) is 29.3 Å². The van der Waals surface area contributed by atoms with E-state index in [4.69, 9.17) is 4.98 Å². The Balaban J connectivity index is 1.67. The van der Waals surface area contributed by atoms with E-state index in [1.165, 1.54) is 22.4 Å². The van der Waals surface area contributed by atoms with Gasteiger partial charge in [-0.25, -0.2) is 4.98 Å². The van der Waals surface area contributed by atoms with Gasteiger partial charge < -0.3 is 4.98 Å². The minimum absolute atomic E-state index is 0.0251. The highest BCUT2D eigenvalue weighted by Gasteiger charge is 2.23. The number of aryl methyl sites for hydroxylation is 1. The summed E-state index contributed by atoms with van der Waals surface area (Å²) in [6.45, 7) is 2.26. The van der Waals surface area contributed by atoms with Crippen LogP contribution in [0.4, 0.5) is 0 Å². The summed E-state index contributed by atoms with van der Waals surface area (Å²) < 4.78 is 0. The Bertz CT molecular complexity index is 899. The molecule has 0 spiro atoms. The van der Waals surface area contributed by atoms with E-state index in [9.17, 15) is 4.79 Å². The average Bonchev–Trinajstić information content (AvgIpc) is 2.92. The fourth-order valence-electron chi connectivity index (χ4n) is 3.13. The molecule has 5 heteroatoms. The molecule has 1 N–H and O–H groups in total. The van der Waals surface area contributed by atoms with E-state index in [2.05, 4.69) is 24.0 Å². The van der Waals surface area contributed by atoms with E-state index in [1.807, 2.05) is 18.2 Å². The van der Waals surface area contributed by atoms with E-state index in [0.717, 1.165) is 34.0 Å². The molecule has 0 saturated carbocycles. The summed E-state index contributed by atoms with van der Waals surface area (Å²) >= 11 is 3.30. The van der Waals surface area contributed by atoms with E-state index in [-0.39, 0.29) is 5.56 Å². The third kappa shape index (κ3) is 2.95. The summed E-state index contributed by atoms with van der Waals surface area (Å²) in [5.74, 6) is 1.48. The van der Waals surface area contributed by atoms with E-state index >= 15 is 0 Å². The number of hydrogen-bond donors (Lipinski definition) is 1. The third-order valence-electron chi connectivity index (χ3n) is 4.36. The number of aromatic nitrogens is 2. The standard InChI is InChI=1S/C18H18N2OS2/c1-11-7-8-14-13(9-11)15-16(21)19-18(20-17(15)23-14)22-10-12-5-3-2-4-6-12/h2-6,11H,7-10H2,1H3,(H,19,20,21)/t11-/m0/s1. The Morgan fingerprint density at radius 2 is 2.17 bits per heavy atom. The predicted octanol–water partition coefficient (Wildman–Crippen LogP) is 4.40. The number of benzene rings is 1. The lowest BCUT2D eigenvalue weighted by Gasteiger charge is -2.17. The van der Waals surface area contributed by atoms with Crippen LogP contribution in [0.25, 0.3) is 10.2 Å². The van der Waals surface area contributed by atoms with Crippen LogP contribution in [0.5, 0.6) is 0 Å². The highest BCUT2D eigenvalue weighted by atomic mass is 32.2. The quantitative estimate of drug-likeness (QED) is 0.567. The van der Waals surface area contributed by atoms with Crippen LogP contribution in [-0.4, -0.2) is 9.97 Å². The van der Waals surface area contributed by atoms with Crippen molar-refractivity contribution < 1.29 is 0 Å². The molecule has 4 rings (SSSR count). The first-order chi connectivity index (χ1) is 11.2. The van der Waals surface area contributed by atoms with Gasteiger partial charge in [-0.05, 0) is 36.3 Å². The number of H-pyrrole nitrogens is 1. The van der Waals surface area contributed by atoms with Crippen LogP contribution in [-0.2, 0) is 18.6 Å². The first-order valence-electron chi connectivity index (χ1n) is 7.92. The van der Waals surface area contributed by atoms with Gasteiger partial charge in [-0.15, -0.1) is 11.3 Å². The second kappa shape index (κ2) is 6.13. The van der Waals surface area contributed by atoms with Crippen molar-refractivity contribution >= 4 is 33.3 Å². The molecule has 2 heterocycles. The van der Waals surface area contributed by atoms with Crippen molar-refractivity contribution in [1.29, 1.82) is 0 Å². The third-order valence-corrected chi connectivity index (χ3v) is 6.49. The molecule has 0 bridgehead atoms. The normalized spacial score (nSPS) is 17.3. The van der Waals surface area contributed by atoms with Gasteiger partial charge in [0.15, 0.2) is 5.16 Å². The number of thiophene rings is 1. The summed E-state index contributed by atoms with van der Waals surface area (Å²) in [6, 6.07) is 10.3. The van der Waals surface area contributed by atoms with Crippen molar-refractivity contribution in [2.75, 3.05) is 0 Å². The van der Waals surface area contributed by atoms with E-state index in [1.54, 1.807) is 23.1 Å². The van der Waals surface area contributed by atoms with Crippen molar-refractivity contribution in [2.24, 2.45) is 5.92 Å². The van der Waals surface area contributed by atoms with Crippen molar-refractivity contribution in [1.82, 2.24) is 9.97 Å².